The number of nitro benzene ring substituents is 1. The summed E-state index contributed by atoms with van der Waals surface area (Å²) in [7, 11) is 1.27. The fourth-order valence-corrected chi connectivity index (χ4v) is 4.12. The Kier molecular flexibility index (Phi) is 6.15. The van der Waals surface area contributed by atoms with Crippen molar-refractivity contribution in [1.29, 1.82) is 0 Å². The number of hydrogen-bond donors (Lipinski definition) is 0. The Morgan fingerprint density at radius 1 is 1.24 bits per heavy atom. The molecular formula is C22H16N4O7S. The molecule has 34 heavy (non-hydrogen) atoms. The van der Waals surface area contributed by atoms with E-state index in [1.54, 1.807) is 0 Å². The van der Waals surface area contributed by atoms with Crippen molar-refractivity contribution >= 4 is 34.0 Å². The summed E-state index contributed by atoms with van der Waals surface area (Å²) in [6, 6.07) is 11.7. The minimum atomic E-state index is -0.752. The van der Waals surface area contributed by atoms with Gasteiger partial charge < -0.3 is 9.47 Å². The van der Waals surface area contributed by atoms with E-state index in [2.05, 4.69) is 10.1 Å². The number of nitro groups is 1. The first-order chi connectivity index (χ1) is 16.3. The summed E-state index contributed by atoms with van der Waals surface area (Å²) in [5.41, 5.74) is -0.378. The van der Waals surface area contributed by atoms with Crippen LogP contribution in [0.5, 0.6) is 11.5 Å². The van der Waals surface area contributed by atoms with Crippen LogP contribution in [0.4, 0.5) is 5.69 Å². The molecule has 12 heteroatoms. The topological polar surface area (TPSA) is 143 Å². The number of carbonyl (C=O) groups excluding carboxylic acids is 1. The minimum Gasteiger partial charge on any atom is -0.493 e. The molecule has 0 fully saturated rings. The predicted molar refractivity (Wildman–Crippen MR) is 122 cm³/mol. The van der Waals surface area contributed by atoms with E-state index in [-0.39, 0.29) is 38.7 Å². The second-order valence-electron chi connectivity index (χ2n) is 7.06. The molecule has 0 atom stereocenters. The van der Waals surface area contributed by atoms with Crippen molar-refractivity contribution in [2.45, 2.75) is 13.3 Å². The molecule has 4 aromatic rings. The number of thiazole rings is 1. The number of aromatic nitrogens is 3. The lowest BCUT2D eigenvalue weighted by Gasteiger charge is -2.09. The van der Waals surface area contributed by atoms with Gasteiger partial charge in [0, 0.05) is 19.4 Å². The number of rotatable bonds is 6. The van der Waals surface area contributed by atoms with E-state index in [4.69, 9.17) is 9.47 Å². The molecule has 0 aliphatic rings. The van der Waals surface area contributed by atoms with Crippen LogP contribution >= 0.6 is 11.3 Å². The van der Waals surface area contributed by atoms with Crippen molar-refractivity contribution in [3.8, 4) is 11.5 Å². The number of benzene rings is 2. The SMILES string of the molecule is COc1cc(C=c2sc3nc(=O)c(Cc4ccccc4)nn3c2=O)cc([N+](=O)[O-])c1OC(C)=O. The Labute approximate surface area is 194 Å². The number of esters is 1. The van der Waals surface area contributed by atoms with Crippen molar-refractivity contribution in [1.82, 2.24) is 14.6 Å². The maximum absolute atomic E-state index is 12.9. The second-order valence-corrected chi connectivity index (χ2v) is 8.07. The third-order valence-corrected chi connectivity index (χ3v) is 5.64. The van der Waals surface area contributed by atoms with E-state index in [0.717, 1.165) is 34.4 Å². The van der Waals surface area contributed by atoms with Crippen molar-refractivity contribution in [2.75, 3.05) is 7.11 Å². The fraction of sp³-hybridized carbons (Fsp3) is 0.136. The quantitative estimate of drug-likeness (QED) is 0.173. The molecule has 2 aromatic heterocycles. The molecule has 0 aliphatic carbocycles. The van der Waals surface area contributed by atoms with E-state index in [9.17, 15) is 24.5 Å². The van der Waals surface area contributed by atoms with E-state index >= 15 is 0 Å². The average molecular weight is 480 g/mol. The van der Waals surface area contributed by atoms with E-state index < -0.39 is 27.7 Å². The number of fused-ring (bicyclic) bond motifs is 1. The van der Waals surface area contributed by atoms with Crippen LogP contribution < -0.4 is 25.1 Å². The third kappa shape index (κ3) is 4.52. The van der Waals surface area contributed by atoms with E-state index in [1.807, 2.05) is 30.3 Å². The highest BCUT2D eigenvalue weighted by Gasteiger charge is 2.23. The van der Waals surface area contributed by atoms with Gasteiger partial charge in [-0.1, -0.05) is 41.7 Å². The Morgan fingerprint density at radius 2 is 1.97 bits per heavy atom. The van der Waals surface area contributed by atoms with Crippen LogP contribution in [0.25, 0.3) is 11.0 Å². The third-order valence-electron chi connectivity index (χ3n) is 4.68. The predicted octanol–water partition coefficient (Wildman–Crippen LogP) is 1.49. The zero-order valence-electron chi connectivity index (χ0n) is 17.9. The van der Waals surface area contributed by atoms with E-state index in [1.165, 1.54) is 19.3 Å². The van der Waals surface area contributed by atoms with Gasteiger partial charge in [0.15, 0.2) is 5.75 Å². The Balaban J connectivity index is 1.84. The highest BCUT2D eigenvalue weighted by atomic mass is 32.1. The molecule has 0 radical (unpaired) electrons. The molecule has 0 saturated heterocycles. The molecule has 0 saturated carbocycles. The molecule has 172 valence electrons. The monoisotopic (exact) mass is 480 g/mol. The maximum atomic E-state index is 12.9. The molecule has 0 unspecified atom stereocenters. The molecule has 2 aromatic carbocycles. The standard InChI is InChI=1S/C22H16N4O7S/c1-12(27)33-19-16(26(30)31)9-14(10-17(19)32-2)11-18-21(29)25-22(34-18)23-20(28)15(24-25)8-13-6-4-3-5-7-13/h3-7,9-11H,8H2,1-2H3. The van der Waals surface area contributed by atoms with Crippen LogP contribution in [0.2, 0.25) is 0 Å². The van der Waals surface area contributed by atoms with Crippen molar-refractivity contribution < 1.29 is 19.2 Å². The first-order valence-corrected chi connectivity index (χ1v) is 10.6. The van der Waals surface area contributed by atoms with Gasteiger partial charge in [-0.3, -0.25) is 24.5 Å². The summed E-state index contributed by atoms with van der Waals surface area (Å²) in [5, 5.41) is 15.7. The van der Waals surface area contributed by atoms with Gasteiger partial charge in [0.1, 0.15) is 5.69 Å². The molecule has 0 aliphatic heterocycles. The van der Waals surface area contributed by atoms with Crippen LogP contribution in [0.15, 0.2) is 52.1 Å². The molecule has 11 nitrogen and oxygen atoms in total. The highest BCUT2D eigenvalue weighted by Crippen LogP contribution is 2.38. The van der Waals surface area contributed by atoms with Gasteiger partial charge in [-0.25, -0.2) is 0 Å². The number of methoxy groups -OCH3 is 1. The zero-order chi connectivity index (χ0) is 24.4. The number of ether oxygens (including phenoxy) is 2. The van der Waals surface area contributed by atoms with Gasteiger partial charge in [0.25, 0.3) is 11.1 Å². The molecule has 4 rings (SSSR count). The molecule has 2 heterocycles. The Bertz CT molecular complexity index is 1600. The van der Waals surface area contributed by atoms with Gasteiger partial charge in [-0.05, 0) is 23.3 Å². The summed E-state index contributed by atoms with van der Waals surface area (Å²) in [5.74, 6) is -1.15. The molecular weight excluding hydrogens is 464 g/mol. The lowest BCUT2D eigenvalue weighted by atomic mass is 10.1. The summed E-state index contributed by atoms with van der Waals surface area (Å²) < 4.78 is 11.3. The maximum Gasteiger partial charge on any atom is 0.316 e. The summed E-state index contributed by atoms with van der Waals surface area (Å²) in [4.78, 5) is 51.6. The smallest absolute Gasteiger partial charge is 0.316 e. The van der Waals surface area contributed by atoms with Gasteiger partial charge in [0.2, 0.25) is 10.7 Å². The van der Waals surface area contributed by atoms with Crippen molar-refractivity contribution in [3.63, 3.8) is 0 Å². The second kappa shape index (κ2) is 9.19. The largest absolute Gasteiger partial charge is 0.493 e. The number of hydrogen-bond acceptors (Lipinski definition) is 10. The highest BCUT2D eigenvalue weighted by molar-refractivity contribution is 7.15. The van der Waals surface area contributed by atoms with Crippen LogP contribution in [0.1, 0.15) is 23.7 Å². The average Bonchev–Trinajstić information content (AvgIpc) is 3.09. The first-order valence-electron chi connectivity index (χ1n) is 9.80. The van der Waals surface area contributed by atoms with Crippen molar-refractivity contribution in [3.05, 3.63) is 94.6 Å². The van der Waals surface area contributed by atoms with Crippen LogP contribution in [0, 0.1) is 10.1 Å². The first kappa shape index (κ1) is 22.7. The molecule has 0 spiro atoms. The van der Waals surface area contributed by atoms with Crippen LogP contribution in [-0.2, 0) is 11.2 Å². The Hall–Kier alpha value is -4.45. The van der Waals surface area contributed by atoms with Crippen LogP contribution in [-0.4, -0.2) is 32.6 Å². The van der Waals surface area contributed by atoms with Gasteiger partial charge >= 0.3 is 11.7 Å². The summed E-state index contributed by atoms with van der Waals surface area (Å²) >= 11 is 0.916. The van der Waals surface area contributed by atoms with Gasteiger partial charge in [-0.15, -0.1) is 0 Å². The van der Waals surface area contributed by atoms with Crippen molar-refractivity contribution in [2.24, 2.45) is 0 Å². The summed E-state index contributed by atoms with van der Waals surface area (Å²) in [6.45, 7) is 1.11. The molecule has 0 amide bonds. The lowest BCUT2D eigenvalue weighted by Crippen LogP contribution is -2.28. The normalized spacial score (nSPS) is 11.5. The number of carbonyl (C=O) groups is 1. The van der Waals surface area contributed by atoms with Crippen LogP contribution in [0.3, 0.4) is 0 Å². The summed E-state index contributed by atoms with van der Waals surface area (Å²) in [6.07, 6.45) is 1.60. The molecule has 0 N–H and O–H groups in total. The Morgan fingerprint density at radius 3 is 2.62 bits per heavy atom. The lowest BCUT2D eigenvalue weighted by molar-refractivity contribution is -0.385. The minimum absolute atomic E-state index is 0.0555. The fourth-order valence-electron chi connectivity index (χ4n) is 3.22. The van der Waals surface area contributed by atoms with Gasteiger partial charge in [0.05, 0.1) is 16.6 Å². The van der Waals surface area contributed by atoms with E-state index in [0.29, 0.717) is 0 Å². The number of nitrogens with zero attached hydrogens (tertiary/aromatic N) is 4. The zero-order valence-corrected chi connectivity index (χ0v) is 18.7. The molecule has 0 bridgehead atoms. The van der Waals surface area contributed by atoms with Gasteiger partial charge in [-0.2, -0.15) is 14.6 Å².